The summed E-state index contributed by atoms with van der Waals surface area (Å²) < 4.78 is 69.8. The van der Waals surface area contributed by atoms with Crippen LogP contribution in [0, 0.1) is 5.41 Å². The molecule has 0 rings (SSSR count). The topological polar surface area (TPSA) is 111 Å². The Morgan fingerprint density at radius 3 is 0.656 bits per heavy atom. The fraction of sp³-hybridized carbons (Fsp3) is 1.00. The molecule has 0 heterocycles. The van der Waals surface area contributed by atoms with Crippen LogP contribution in [0.3, 0.4) is 0 Å². The maximum Gasteiger partial charge on any atom is 0.0700 e. The lowest BCUT2D eigenvalue weighted by molar-refractivity contribution is -0.106. The molecule has 0 atom stereocenters. The minimum Gasteiger partial charge on any atom is -0.381 e. The quantitative estimate of drug-likeness (QED) is 0.0399. The molecule has 0 amide bonds. The zero-order valence-electron chi connectivity index (χ0n) is 37.1. The van der Waals surface area contributed by atoms with E-state index in [1.807, 2.05) is 47.0 Å². The molecule has 61 heavy (non-hydrogen) atoms. The average Bonchev–Trinajstić information content (AvgIpc) is 3.27. The van der Waals surface area contributed by atoms with Crippen molar-refractivity contribution in [1.82, 2.24) is 0 Å². The lowest BCUT2D eigenvalue weighted by atomic mass is 9.92. The molecule has 12 nitrogen and oxygen atoms in total. The van der Waals surface area contributed by atoms with E-state index in [9.17, 15) is 0 Å². The van der Waals surface area contributed by atoms with Gasteiger partial charge < -0.3 is 56.8 Å². The number of thioether (sulfide) groups is 4. The molecule has 0 aliphatic rings. The van der Waals surface area contributed by atoms with E-state index in [2.05, 4.69) is 50.5 Å². The first-order valence-corrected chi connectivity index (χ1v) is 29.1. The van der Waals surface area contributed by atoms with E-state index in [1.165, 1.54) is 0 Å². The minimum atomic E-state index is -0.405. The molecule has 0 radical (unpaired) electrons. The monoisotopic (exact) mass is 1020 g/mol. The Balaban J connectivity index is 4.92. The Morgan fingerprint density at radius 2 is 0.443 bits per heavy atom. The summed E-state index contributed by atoms with van der Waals surface area (Å²) >= 11 is 24.2. The first-order chi connectivity index (χ1) is 30.2. The maximum atomic E-state index is 6.37. The summed E-state index contributed by atoms with van der Waals surface area (Å²) in [5.74, 6) is 10.8. The predicted molar refractivity (Wildman–Crippen MR) is 275 cm³/mol. The molecular formula is C41H84O12S8. The summed E-state index contributed by atoms with van der Waals surface area (Å²) in [5.41, 5.74) is -0.405. The molecule has 0 aromatic heterocycles. The van der Waals surface area contributed by atoms with Gasteiger partial charge in [0.2, 0.25) is 0 Å². The summed E-state index contributed by atoms with van der Waals surface area (Å²) in [5, 5.41) is 0. The molecule has 0 aromatic rings. The van der Waals surface area contributed by atoms with Gasteiger partial charge in [-0.05, 0) is 48.7 Å². The van der Waals surface area contributed by atoms with Crippen molar-refractivity contribution >= 4 is 97.6 Å². The van der Waals surface area contributed by atoms with Crippen molar-refractivity contribution in [1.29, 1.82) is 0 Å². The van der Waals surface area contributed by atoms with Crippen molar-refractivity contribution in [2.45, 2.75) is 25.7 Å². The van der Waals surface area contributed by atoms with Gasteiger partial charge in [-0.25, -0.2) is 0 Å². The minimum absolute atomic E-state index is 0.405. The molecule has 368 valence electrons. The average molecular weight is 1030 g/mol. The Kier molecular flexibility index (Phi) is 58.8. The first-order valence-electron chi connectivity index (χ1n) is 21.9. The molecule has 0 fully saturated rings. The van der Waals surface area contributed by atoms with Crippen LogP contribution in [-0.2, 0) is 56.8 Å². The van der Waals surface area contributed by atoms with E-state index >= 15 is 0 Å². The van der Waals surface area contributed by atoms with Crippen molar-refractivity contribution in [3.63, 3.8) is 0 Å². The molecular weight excluding hydrogens is 941 g/mol. The van der Waals surface area contributed by atoms with Crippen molar-refractivity contribution in [2.24, 2.45) is 5.41 Å². The van der Waals surface area contributed by atoms with E-state index in [0.29, 0.717) is 132 Å². The largest absolute Gasteiger partial charge is 0.381 e. The van der Waals surface area contributed by atoms with Crippen LogP contribution in [0.15, 0.2) is 0 Å². The number of thiol groups is 4. The van der Waals surface area contributed by atoms with Crippen molar-refractivity contribution in [3.05, 3.63) is 0 Å². The molecule has 0 aliphatic heterocycles. The normalized spacial score (nSPS) is 12.0. The Hall–Kier alpha value is 2.32. The molecule has 0 bridgehead atoms. The van der Waals surface area contributed by atoms with Crippen LogP contribution in [0.2, 0.25) is 0 Å². The lowest BCUT2D eigenvalue weighted by Crippen LogP contribution is -2.42. The van der Waals surface area contributed by atoms with Crippen molar-refractivity contribution in [3.8, 4) is 0 Å². The molecule has 0 saturated heterocycles. The van der Waals surface area contributed by atoms with Gasteiger partial charge in [0.05, 0.1) is 138 Å². The van der Waals surface area contributed by atoms with Crippen LogP contribution < -0.4 is 0 Å². The van der Waals surface area contributed by atoms with Gasteiger partial charge in [0.15, 0.2) is 0 Å². The SMILES string of the molecule is SCCOCCOCCSCCCOCC(COCCCSCCOCCOCCS)(COCCCSCCOCCOCCS)COCCCSCCOCCOCCS. The Labute approximate surface area is 410 Å². The van der Waals surface area contributed by atoms with Crippen LogP contribution in [0.4, 0.5) is 0 Å². The summed E-state index contributed by atoms with van der Waals surface area (Å²) in [6.45, 7) is 15.2. The van der Waals surface area contributed by atoms with E-state index in [-0.39, 0.29) is 0 Å². The first kappa shape index (κ1) is 63.3. The number of rotatable bonds is 56. The van der Waals surface area contributed by atoms with Gasteiger partial charge in [0, 0.05) is 72.5 Å². The lowest BCUT2D eigenvalue weighted by Gasteiger charge is -2.33. The Bertz CT molecular complexity index is 686. The molecule has 0 spiro atoms. The van der Waals surface area contributed by atoms with Gasteiger partial charge in [-0.15, -0.1) is 0 Å². The molecule has 0 unspecified atom stereocenters. The van der Waals surface area contributed by atoms with Crippen molar-refractivity contribution in [2.75, 3.05) is 228 Å². The van der Waals surface area contributed by atoms with Gasteiger partial charge in [-0.3, -0.25) is 0 Å². The summed E-state index contributed by atoms with van der Waals surface area (Å²) in [6.07, 6.45) is 3.85. The van der Waals surface area contributed by atoms with Gasteiger partial charge in [-0.2, -0.15) is 97.6 Å². The van der Waals surface area contributed by atoms with Crippen LogP contribution >= 0.6 is 97.6 Å². The molecule has 0 aliphatic carbocycles. The molecule has 20 heteroatoms. The highest BCUT2D eigenvalue weighted by Crippen LogP contribution is 2.22. The second-order valence-electron chi connectivity index (χ2n) is 13.4. The summed E-state index contributed by atoms with van der Waals surface area (Å²) in [7, 11) is 0. The maximum absolute atomic E-state index is 6.37. The molecule has 0 aromatic carbocycles. The summed E-state index contributed by atoms with van der Waals surface area (Å²) in [4.78, 5) is 0. The van der Waals surface area contributed by atoms with E-state index in [0.717, 1.165) is 121 Å². The number of ether oxygens (including phenoxy) is 12. The van der Waals surface area contributed by atoms with Gasteiger partial charge in [-0.1, -0.05) is 0 Å². The molecule has 0 N–H and O–H groups in total. The second kappa shape index (κ2) is 56.6. The van der Waals surface area contributed by atoms with Gasteiger partial charge >= 0.3 is 0 Å². The smallest absolute Gasteiger partial charge is 0.0700 e. The van der Waals surface area contributed by atoms with Gasteiger partial charge in [0.1, 0.15) is 0 Å². The van der Waals surface area contributed by atoms with Crippen LogP contribution in [0.25, 0.3) is 0 Å². The van der Waals surface area contributed by atoms with Crippen molar-refractivity contribution < 1.29 is 56.8 Å². The second-order valence-corrected chi connectivity index (χ2v) is 20.1. The standard InChI is InChI=1S/C41H84O12S8/c54-25-17-42-9-13-46-21-33-58-29-1-5-50-37-41(38-51-6-2-30-59-34-22-47-14-10-43-18-26-55,39-52-7-3-31-60-35-23-48-15-11-44-19-27-56)40-53-8-4-32-61-36-24-49-16-12-45-20-28-57/h54-57H,1-40H2. The highest BCUT2D eigenvalue weighted by atomic mass is 32.2. The molecule has 0 saturated carbocycles. The zero-order valence-corrected chi connectivity index (χ0v) is 43.9. The van der Waals surface area contributed by atoms with Crippen LogP contribution in [0.5, 0.6) is 0 Å². The van der Waals surface area contributed by atoms with Crippen LogP contribution in [-0.4, -0.2) is 228 Å². The zero-order chi connectivity index (χ0) is 44.1. The predicted octanol–water partition coefficient (Wildman–Crippen LogP) is 6.38. The number of hydrogen-bond donors (Lipinski definition) is 4. The highest BCUT2D eigenvalue weighted by molar-refractivity contribution is 7.99. The third-order valence-electron chi connectivity index (χ3n) is 7.86. The van der Waals surface area contributed by atoms with E-state index in [4.69, 9.17) is 56.8 Å². The van der Waals surface area contributed by atoms with Gasteiger partial charge in [0.25, 0.3) is 0 Å². The van der Waals surface area contributed by atoms with E-state index in [1.54, 1.807) is 0 Å². The third-order valence-corrected chi connectivity index (χ3v) is 12.7. The summed E-state index contributed by atoms with van der Waals surface area (Å²) in [6, 6.07) is 0. The Morgan fingerprint density at radius 1 is 0.230 bits per heavy atom. The van der Waals surface area contributed by atoms with Crippen LogP contribution in [0.1, 0.15) is 25.7 Å². The third kappa shape index (κ3) is 51.6. The fourth-order valence-corrected chi connectivity index (χ4v) is 8.45. The van der Waals surface area contributed by atoms with E-state index < -0.39 is 5.41 Å². The fourth-order valence-electron chi connectivity index (χ4n) is 4.88. The number of hydrogen-bond acceptors (Lipinski definition) is 20. The highest BCUT2D eigenvalue weighted by Gasteiger charge is 2.32.